The van der Waals surface area contributed by atoms with Gasteiger partial charge in [-0.05, 0) is 25.0 Å². The zero-order valence-electron chi connectivity index (χ0n) is 11.8. The smallest absolute Gasteiger partial charge is 0.166 e. The van der Waals surface area contributed by atoms with Crippen LogP contribution in [-0.4, -0.2) is 18.7 Å². The summed E-state index contributed by atoms with van der Waals surface area (Å²) in [6.45, 7) is 4.63. The van der Waals surface area contributed by atoms with E-state index < -0.39 is 0 Å². The number of ketones is 1. The second-order valence-electron chi connectivity index (χ2n) is 4.57. The van der Waals surface area contributed by atoms with Crippen LogP contribution in [0.1, 0.15) is 66.7 Å². The largest absolute Gasteiger partial charge is 0.492 e. The van der Waals surface area contributed by atoms with E-state index in [2.05, 4.69) is 6.92 Å². The van der Waals surface area contributed by atoms with E-state index >= 15 is 0 Å². The molecule has 0 amide bonds. The number of Topliss-reactive ketones (excluding diaryl/α,β-unsaturated/α-hetero) is 1. The van der Waals surface area contributed by atoms with Gasteiger partial charge >= 0.3 is 0 Å². The first-order valence-corrected chi connectivity index (χ1v) is 6.98. The van der Waals surface area contributed by atoms with Crippen molar-refractivity contribution in [3.05, 3.63) is 29.3 Å². The van der Waals surface area contributed by atoms with Crippen molar-refractivity contribution in [2.45, 2.75) is 46.0 Å². The molecule has 104 valence electrons. The highest BCUT2D eigenvalue weighted by Crippen LogP contribution is 2.25. The summed E-state index contributed by atoms with van der Waals surface area (Å²) in [5, 5.41) is 0. The van der Waals surface area contributed by atoms with Gasteiger partial charge in [0.25, 0.3) is 0 Å². The zero-order chi connectivity index (χ0) is 14.1. The van der Waals surface area contributed by atoms with Gasteiger partial charge < -0.3 is 4.74 Å². The SMILES string of the molecule is CCCCCOc1c(C=O)cccc1C(=O)CCC. The number of carbonyl (C=O) groups is 2. The molecule has 1 rings (SSSR count). The van der Waals surface area contributed by atoms with Crippen LogP contribution < -0.4 is 4.74 Å². The standard InChI is InChI=1S/C16H22O3/c1-3-5-6-11-19-16-13(12-17)9-7-10-14(16)15(18)8-4-2/h7,9-10,12H,3-6,8,11H2,1-2H3. The van der Waals surface area contributed by atoms with E-state index in [1.54, 1.807) is 18.2 Å². The molecule has 0 spiro atoms. The highest BCUT2D eigenvalue weighted by atomic mass is 16.5. The molecule has 0 aliphatic rings. The van der Waals surface area contributed by atoms with Crippen molar-refractivity contribution in [2.75, 3.05) is 6.61 Å². The maximum Gasteiger partial charge on any atom is 0.166 e. The predicted octanol–water partition coefficient (Wildman–Crippen LogP) is 4.05. The van der Waals surface area contributed by atoms with Crippen molar-refractivity contribution in [1.29, 1.82) is 0 Å². The van der Waals surface area contributed by atoms with Crippen LogP contribution in [-0.2, 0) is 0 Å². The minimum atomic E-state index is 0.0386. The van der Waals surface area contributed by atoms with E-state index in [1.807, 2.05) is 6.92 Å². The summed E-state index contributed by atoms with van der Waals surface area (Å²) in [4.78, 5) is 23.1. The summed E-state index contributed by atoms with van der Waals surface area (Å²) in [6, 6.07) is 5.15. The third kappa shape index (κ3) is 4.51. The third-order valence-electron chi connectivity index (χ3n) is 2.94. The fourth-order valence-electron chi connectivity index (χ4n) is 1.92. The molecule has 0 heterocycles. The fraction of sp³-hybridized carbons (Fsp3) is 0.500. The number of benzene rings is 1. The monoisotopic (exact) mass is 262 g/mol. The summed E-state index contributed by atoms with van der Waals surface area (Å²) < 4.78 is 5.68. The van der Waals surface area contributed by atoms with Crippen molar-refractivity contribution in [3.63, 3.8) is 0 Å². The lowest BCUT2D eigenvalue weighted by molar-refractivity contribution is 0.0977. The number of hydrogen-bond acceptors (Lipinski definition) is 3. The molecule has 0 radical (unpaired) electrons. The summed E-state index contributed by atoms with van der Waals surface area (Å²) in [5.74, 6) is 0.490. The lowest BCUT2D eigenvalue weighted by atomic mass is 10.0. The Morgan fingerprint density at radius 1 is 1.21 bits per heavy atom. The van der Waals surface area contributed by atoms with Gasteiger partial charge in [-0.3, -0.25) is 9.59 Å². The van der Waals surface area contributed by atoms with Gasteiger partial charge in [0.15, 0.2) is 12.1 Å². The second kappa shape index (κ2) is 8.46. The Balaban J connectivity index is 2.89. The Kier molecular flexibility index (Phi) is 6.86. The van der Waals surface area contributed by atoms with Crippen LogP contribution in [0.3, 0.4) is 0 Å². The Hall–Kier alpha value is -1.64. The molecular weight excluding hydrogens is 240 g/mol. The lowest BCUT2D eigenvalue weighted by Crippen LogP contribution is -2.07. The molecule has 0 atom stereocenters. The Labute approximate surface area is 115 Å². The van der Waals surface area contributed by atoms with Gasteiger partial charge in [0.1, 0.15) is 5.75 Å². The van der Waals surface area contributed by atoms with Gasteiger partial charge in [-0.15, -0.1) is 0 Å². The van der Waals surface area contributed by atoms with Crippen molar-refractivity contribution >= 4 is 12.1 Å². The number of rotatable bonds is 9. The van der Waals surface area contributed by atoms with E-state index in [1.165, 1.54) is 0 Å². The Morgan fingerprint density at radius 3 is 2.63 bits per heavy atom. The topological polar surface area (TPSA) is 43.4 Å². The third-order valence-corrected chi connectivity index (χ3v) is 2.94. The number of hydrogen-bond donors (Lipinski definition) is 0. The molecule has 3 nitrogen and oxygen atoms in total. The number of ether oxygens (including phenoxy) is 1. The first kappa shape index (κ1) is 15.4. The maximum atomic E-state index is 12.0. The van der Waals surface area contributed by atoms with Gasteiger partial charge in [-0.25, -0.2) is 0 Å². The van der Waals surface area contributed by atoms with Crippen LogP contribution in [0, 0.1) is 0 Å². The van der Waals surface area contributed by atoms with Crippen molar-refractivity contribution < 1.29 is 14.3 Å². The molecule has 1 aromatic carbocycles. The molecule has 0 bridgehead atoms. The fourth-order valence-corrected chi connectivity index (χ4v) is 1.92. The molecule has 1 aromatic rings. The molecule has 3 heteroatoms. The van der Waals surface area contributed by atoms with Gasteiger partial charge in [-0.2, -0.15) is 0 Å². The minimum Gasteiger partial charge on any atom is -0.492 e. The average Bonchev–Trinajstić information content (AvgIpc) is 2.43. The maximum absolute atomic E-state index is 12.0. The summed E-state index contributed by atoms with van der Waals surface area (Å²) in [7, 11) is 0. The van der Waals surface area contributed by atoms with Crippen molar-refractivity contribution in [3.8, 4) is 5.75 Å². The predicted molar refractivity (Wildman–Crippen MR) is 76.1 cm³/mol. The molecule has 19 heavy (non-hydrogen) atoms. The molecule has 0 N–H and O–H groups in total. The van der Waals surface area contributed by atoms with Gasteiger partial charge in [0.2, 0.25) is 0 Å². The normalized spacial score (nSPS) is 10.2. The Morgan fingerprint density at radius 2 is 2.00 bits per heavy atom. The van der Waals surface area contributed by atoms with Crippen LogP contribution in [0.5, 0.6) is 5.75 Å². The van der Waals surface area contributed by atoms with Crippen LogP contribution in [0.25, 0.3) is 0 Å². The highest BCUT2D eigenvalue weighted by molar-refractivity contribution is 6.01. The molecule has 0 unspecified atom stereocenters. The Bertz CT molecular complexity index is 424. The number of aldehydes is 1. The summed E-state index contributed by atoms with van der Waals surface area (Å²) in [5.41, 5.74) is 0.987. The van der Waals surface area contributed by atoms with Gasteiger partial charge in [0, 0.05) is 6.42 Å². The number of para-hydroxylation sites is 1. The molecule has 0 fully saturated rings. The van der Waals surface area contributed by atoms with Gasteiger partial charge in [-0.1, -0.05) is 32.8 Å². The average molecular weight is 262 g/mol. The molecule has 0 aliphatic heterocycles. The van der Waals surface area contributed by atoms with Crippen molar-refractivity contribution in [1.82, 2.24) is 0 Å². The van der Waals surface area contributed by atoms with E-state index in [-0.39, 0.29) is 5.78 Å². The van der Waals surface area contributed by atoms with Crippen LogP contribution in [0.4, 0.5) is 0 Å². The second-order valence-corrected chi connectivity index (χ2v) is 4.57. The molecule has 0 aromatic heterocycles. The number of carbonyl (C=O) groups excluding carboxylic acids is 2. The van der Waals surface area contributed by atoms with Crippen molar-refractivity contribution in [2.24, 2.45) is 0 Å². The summed E-state index contributed by atoms with van der Waals surface area (Å²) in [6.07, 6.45) is 5.15. The zero-order valence-corrected chi connectivity index (χ0v) is 11.8. The van der Waals surface area contributed by atoms with E-state index in [0.717, 1.165) is 32.0 Å². The highest BCUT2D eigenvalue weighted by Gasteiger charge is 2.15. The number of unbranched alkanes of at least 4 members (excludes halogenated alkanes) is 2. The van der Waals surface area contributed by atoms with Gasteiger partial charge in [0.05, 0.1) is 17.7 Å². The quantitative estimate of drug-likeness (QED) is 0.383. The minimum absolute atomic E-state index is 0.0386. The molecule has 0 saturated heterocycles. The van der Waals surface area contributed by atoms with E-state index in [4.69, 9.17) is 4.74 Å². The first-order valence-electron chi connectivity index (χ1n) is 6.98. The summed E-state index contributed by atoms with van der Waals surface area (Å²) >= 11 is 0. The van der Waals surface area contributed by atoms with Crippen LogP contribution in [0.2, 0.25) is 0 Å². The van der Waals surface area contributed by atoms with E-state index in [9.17, 15) is 9.59 Å². The molecule has 0 saturated carbocycles. The van der Waals surface area contributed by atoms with Crippen LogP contribution in [0.15, 0.2) is 18.2 Å². The first-order chi connectivity index (χ1) is 9.24. The molecule has 0 aliphatic carbocycles. The lowest BCUT2D eigenvalue weighted by Gasteiger charge is -2.12. The van der Waals surface area contributed by atoms with E-state index in [0.29, 0.717) is 29.9 Å². The molecular formula is C16H22O3. The van der Waals surface area contributed by atoms with Crippen LogP contribution >= 0.6 is 0 Å².